The fourth-order valence-corrected chi connectivity index (χ4v) is 1.98. The molecule has 0 saturated carbocycles. The van der Waals surface area contributed by atoms with Crippen molar-refractivity contribution < 1.29 is 13.9 Å². The number of methoxy groups -OCH3 is 1. The second-order valence-electron chi connectivity index (χ2n) is 4.62. The summed E-state index contributed by atoms with van der Waals surface area (Å²) < 4.78 is 10.4. The second-order valence-corrected chi connectivity index (χ2v) is 4.62. The van der Waals surface area contributed by atoms with Crippen molar-refractivity contribution in [2.45, 2.75) is 26.8 Å². The van der Waals surface area contributed by atoms with Crippen LogP contribution in [0.4, 0.5) is 5.69 Å². The Hall–Kier alpha value is -2.23. The summed E-state index contributed by atoms with van der Waals surface area (Å²) in [7, 11) is 1.38. The summed E-state index contributed by atoms with van der Waals surface area (Å²) in [6.45, 7) is 4.52. The van der Waals surface area contributed by atoms with Gasteiger partial charge in [-0.15, -0.1) is 0 Å². The molecular weight excluding hydrogens is 254 g/mol. The van der Waals surface area contributed by atoms with Crippen LogP contribution in [0.25, 0.3) is 0 Å². The van der Waals surface area contributed by atoms with E-state index in [4.69, 9.17) is 9.15 Å². The number of nitrogens with one attached hydrogen (secondary N) is 1. The number of hydrogen-bond donors (Lipinski definition) is 1. The highest BCUT2D eigenvalue weighted by molar-refractivity contribution is 5.95. The molecule has 2 rings (SSSR count). The van der Waals surface area contributed by atoms with Crippen molar-refractivity contribution in [3.8, 4) is 0 Å². The van der Waals surface area contributed by atoms with Gasteiger partial charge in [0.1, 0.15) is 11.5 Å². The molecule has 0 fully saturated rings. The Kier molecular flexibility index (Phi) is 4.45. The van der Waals surface area contributed by atoms with E-state index < -0.39 is 0 Å². The number of anilines is 1. The third-order valence-corrected chi connectivity index (χ3v) is 3.10. The molecule has 0 bridgehead atoms. The quantitative estimate of drug-likeness (QED) is 0.846. The van der Waals surface area contributed by atoms with Crippen LogP contribution < -0.4 is 5.32 Å². The van der Waals surface area contributed by atoms with Gasteiger partial charge in [-0.05, 0) is 31.2 Å². The predicted octanol–water partition coefficient (Wildman–Crippen LogP) is 3.55. The summed E-state index contributed by atoms with van der Waals surface area (Å²) in [5.41, 5.74) is 2.30. The number of furan rings is 1. The first-order valence-electron chi connectivity index (χ1n) is 6.64. The first-order chi connectivity index (χ1) is 9.63. The molecule has 0 saturated heterocycles. The molecule has 0 radical (unpaired) electrons. The largest absolute Gasteiger partial charge is 0.465 e. The van der Waals surface area contributed by atoms with Crippen LogP contribution in [0.5, 0.6) is 0 Å². The topological polar surface area (TPSA) is 51.5 Å². The van der Waals surface area contributed by atoms with Crippen molar-refractivity contribution in [1.82, 2.24) is 0 Å². The zero-order valence-electron chi connectivity index (χ0n) is 12.0. The van der Waals surface area contributed by atoms with E-state index in [0.29, 0.717) is 12.1 Å². The van der Waals surface area contributed by atoms with Gasteiger partial charge >= 0.3 is 5.97 Å². The molecule has 0 atom stereocenters. The Morgan fingerprint density at radius 1 is 1.25 bits per heavy atom. The van der Waals surface area contributed by atoms with Gasteiger partial charge in [0.25, 0.3) is 0 Å². The van der Waals surface area contributed by atoms with Gasteiger partial charge in [-0.3, -0.25) is 0 Å². The molecule has 0 unspecified atom stereocenters. The zero-order valence-corrected chi connectivity index (χ0v) is 12.0. The fourth-order valence-electron chi connectivity index (χ4n) is 1.98. The van der Waals surface area contributed by atoms with Crippen LogP contribution in [0.1, 0.15) is 34.4 Å². The molecule has 2 aromatic rings. The number of ether oxygens (including phenoxy) is 1. The van der Waals surface area contributed by atoms with Crippen LogP contribution in [0.3, 0.4) is 0 Å². The maximum absolute atomic E-state index is 11.8. The van der Waals surface area contributed by atoms with Gasteiger partial charge in [-0.1, -0.05) is 18.6 Å². The van der Waals surface area contributed by atoms with E-state index in [9.17, 15) is 4.79 Å². The summed E-state index contributed by atoms with van der Waals surface area (Å²) in [6, 6.07) is 9.55. The minimum absolute atomic E-state index is 0.343. The molecule has 0 spiro atoms. The number of benzene rings is 1. The standard InChI is InChI=1S/C16H19NO3/c1-4-12-6-7-13(20-12)10-17-15-8-5-11(2)9-14(15)16(18)19-3/h5-9,17H,4,10H2,1-3H3. The number of rotatable bonds is 5. The molecule has 20 heavy (non-hydrogen) atoms. The monoisotopic (exact) mass is 273 g/mol. The molecule has 4 heteroatoms. The number of aryl methyl sites for hydroxylation is 2. The normalized spacial score (nSPS) is 10.3. The molecule has 1 N–H and O–H groups in total. The van der Waals surface area contributed by atoms with E-state index >= 15 is 0 Å². The lowest BCUT2D eigenvalue weighted by atomic mass is 10.1. The third kappa shape index (κ3) is 3.20. The molecule has 1 aromatic heterocycles. The van der Waals surface area contributed by atoms with Gasteiger partial charge < -0.3 is 14.5 Å². The van der Waals surface area contributed by atoms with Gasteiger partial charge in [-0.2, -0.15) is 0 Å². The van der Waals surface area contributed by atoms with E-state index in [2.05, 4.69) is 5.32 Å². The Labute approximate surface area is 118 Å². The molecule has 0 amide bonds. The van der Waals surface area contributed by atoms with Crippen LogP contribution >= 0.6 is 0 Å². The highest BCUT2D eigenvalue weighted by Crippen LogP contribution is 2.20. The summed E-state index contributed by atoms with van der Waals surface area (Å²) >= 11 is 0. The van der Waals surface area contributed by atoms with E-state index in [1.54, 1.807) is 0 Å². The smallest absolute Gasteiger partial charge is 0.339 e. The Morgan fingerprint density at radius 2 is 2.00 bits per heavy atom. The summed E-state index contributed by atoms with van der Waals surface area (Å²) in [4.78, 5) is 11.8. The Bertz CT molecular complexity index is 602. The van der Waals surface area contributed by atoms with Crippen molar-refractivity contribution >= 4 is 11.7 Å². The predicted molar refractivity (Wildman–Crippen MR) is 77.9 cm³/mol. The molecule has 106 valence electrons. The van der Waals surface area contributed by atoms with Gasteiger partial charge in [0.2, 0.25) is 0 Å². The second kappa shape index (κ2) is 6.28. The van der Waals surface area contributed by atoms with Crippen molar-refractivity contribution in [2.24, 2.45) is 0 Å². The van der Waals surface area contributed by atoms with E-state index in [-0.39, 0.29) is 5.97 Å². The summed E-state index contributed by atoms with van der Waals surface area (Å²) in [5, 5.41) is 3.21. The molecule has 1 aromatic carbocycles. The van der Waals surface area contributed by atoms with E-state index in [1.807, 2.05) is 44.2 Å². The fraction of sp³-hybridized carbons (Fsp3) is 0.312. The maximum Gasteiger partial charge on any atom is 0.339 e. The van der Waals surface area contributed by atoms with Crippen molar-refractivity contribution in [3.63, 3.8) is 0 Å². The van der Waals surface area contributed by atoms with Crippen molar-refractivity contribution in [1.29, 1.82) is 0 Å². The summed E-state index contributed by atoms with van der Waals surface area (Å²) in [5.74, 6) is 1.46. The maximum atomic E-state index is 11.8. The zero-order chi connectivity index (χ0) is 14.5. The first kappa shape index (κ1) is 14.2. The van der Waals surface area contributed by atoms with Gasteiger partial charge in [0.15, 0.2) is 0 Å². The van der Waals surface area contributed by atoms with Gasteiger partial charge in [0, 0.05) is 12.1 Å². The average Bonchev–Trinajstić information content (AvgIpc) is 2.93. The lowest BCUT2D eigenvalue weighted by Crippen LogP contribution is -2.08. The highest BCUT2D eigenvalue weighted by atomic mass is 16.5. The highest BCUT2D eigenvalue weighted by Gasteiger charge is 2.12. The Morgan fingerprint density at radius 3 is 2.65 bits per heavy atom. The number of carbonyl (C=O) groups is 1. The SMILES string of the molecule is CCc1ccc(CNc2ccc(C)cc2C(=O)OC)o1. The van der Waals surface area contributed by atoms with Gasteiger partial charge in [-0.25, -0.2) is 4.79 Å². The number of hydrogen-bond acceptors (Lipinski definition) is 4. The third-order valence-electron chi connectivity index (χ3n) is 3.10. The molecule has 0 aliphatic carbocycles. The van der Waals surface area contributed by atoms with Crippen LogP contribution in [-0.4, -0.2) is 13.1 Å². The lowest BCUT2D eigenvalue weighted by Gasteiger charge is -2.10. The first-order valence-corrected chi connectivity index (χ1v) is 6.64. The van der Waals surface area contributed by atoms with Crippen LogP contribution in [-0.2, 0) is 17.7 Å². The summed E-state index contributed by atoms with van der Waals surface area (Å²) in [6.07, 6.45) is 0.873. The molecular formula is C16H19NO3. The van der Waals surface area contributed by atoms with Crippen LogP contribution in [0.2, 0.25) is 0 Å². The van der Waals surface area contributed by atoms with Crippen LogP contribution in [0.15, 0.2) is 34.7 Å². The number of esters is 1. The minimum Gasteiger partial charge on any atom is -0.465 e. The minimum atomic E-state index is -0.343. The lowest BCUT2D eigenvalue weighted by molar-refractivity contribution is 0.0601. The number of carbonyl (C=O) groups excluding carboxylic acids is 1. The van der Waals surface area contributed by atoms with Crippen molar-refractivity contribution in [3.05, 3.63) is 53.0 Å². The molecule has 4 nitrogen and oxygen atoms in total. The van der Waals surface area contributed by atoms with Crippen LogP contribution in [0, 0.1) is 6.92 Å². The van der Waals surface area contributed by atoms with Crippen molar-refractivity contribution in [2.75, 3.05) is 12.4 Å². The molecule has 0 aliphatic heterocycles. The van der Waals surface area contributed by atoms with Gasteiger partial charge in [0.05, 0.1) is 19.2 Å². The van der Waals surface area contributed by atoms with E-state index in [1.165, 1.54) is 7.11 Å². The molecule has 1 heterocycles. The van der Waals surface area contributed by atoms with E-state index in [0.717, 1.165) is 29.2 Å². The molecule has 0 aliphatic rings. The average molecular weight is 273 g/mol. The Balaban J connectivity index is 2.14.